The zero-order valence-corrected chi connectivity index (χ0v) is 15.7. The highest BCUT2D eigenvalue weighted by atomic mass is 16.5. The molecule has 0 radical (unpaired) electrons. The van der Waals surface area contributed by atoms with Crippen molar-refractivity contribution in [2.75, 3.05) is 18.9 Å². The first-order valence-corrected chi connectivity index (χ1v) is 9.81. The molecule has 1 unspecified atom stereocenters. The molecule has 6 nitrogen and oxygen atoms in total. The number of hydrogen-bond acceptors (Lipinski definition) is 5. The zero-order chi connectivity index (χ0) is 18.6. The summed E-state index contributed by atoms with van der Waals surface area (Å²) < 4.78 is 7.64. The van der Waals surface area contributed by atoms with Gasteiger partial charge in [-0.25, -0.2) is 14.6 Å². The fraction of sp³-hybridized carbons (Fsp3) is 0.476. The van der Waals surface area contributed by atoms with Crippen LogP contribution < -0.4 is 5.73 Å². The standard InChI is InChI=1S/C21H27N5O/c1-15-6-4-2-3-5-7-17(9-8-15)26-21-18(20(22)23-14-24-21)19(25-26)16-10-12-27-13-11-16/h2-4,6,14,16-17H,1,5,7-13H2,(H2,22,23,24)/b3-2-,6-4-. The Morgan fingerprint density at radius 2 is 1.96 bits per heavy atom. The molecular formula is C21H27N5O. The minimum atomic E-state index is 0.267. The Bertz CT molecular complexity index is 876. The van der Waals surface area contributed by atoms with Gasteiger partial charge >= 0.3 is 0 Å². The molecule has 1 fully saturated rings. The molecule has 6 heteroatoms. The van der Waals surface area contributed by atoms with Crippen LogP contribution in [-0.2, 0) is 4.74 Å². The van der Waals surface area contributed by atoms with Gasteiger partial charge in [-0.2, -0.15) is 5.10 Å². The van der Waals surface area contributed by atoms with Crippen LogP contribution in [0.15, 0.2) is 42.8 Å². The summed E-state index contributed by atoms with van der Waals surface area (Å²) in [4.78, 5) is 8.81. The number of anilines is 1. The van der Waals surface area contributed by atoms with Gasteiger partial charge in [-0.3, -0.25) is 0 Å². The Morgan fingerprint density at radius 1 is 1.11 bits per heavy atom. The van der Waals surface area contributed by atoms with Gasteiger partial charge in [0.2, 0.25) is 0 Å². The van der Waals surface area contributed by atoms with Crippen molar-refractivity contribution in [1.29, 1.82) is 0 Å². The van der Waals surface area contributed by atoms with E-state index in [0.717, 1.165) is 74.0 Å². The molecule has 1 aliphatic heterocycles. The quantitative estimate of drug-likeness (QED) is 0.867. The topological polar surface area (TPSA) is 78.9 Å². The van der Waals surface area contributed by atoms with Gasteiger partial charge < -0.3 is 10.5 Å². The molecule has 0 spiro atoms. The van der Waals surface area contributed by atoms with Crippen LogP contribution in [0.1, 0.15) is 56.2 Å². The number of fused-ring (bicyclic) bond motifs is 1. The van der Waals surface area contributed by atoms with Crippen LogP contribution in [0.2, 0.25) is 0 Å². The number of nitrogens with two attached hydrogens (primary N) is 1. The number of nitrogens with zero attached hydrogens (tertiary/aromatic N) is 4. The minimum Gasteiger partial charge on any atom is -0.383 e. The molecule has 0 aromatic carbocycles. The van der Waals surface area contributed by atoms with Crippen LogP contribution in [0.3, 0.4) is 0 Å². The first kappa shape index (κ1) is 17.9. The third kappa shape index (κ3) is 3.81. The van der Waals surface area contributed by atoms with Gasteiger partial charge in [0.05, 0.1) is 17.1 Å². The summed E-state index contributed by atoms with van der Waals surface area (Å²) in [5.41, 5.74) is 9.30. The zero-order valence-electron chi connectivity index (χ0n) is 15.7. The Labute approximate surface area is 159 Å². The molecule has 142 valence electrons. The predicted molar refractivity (Wildman–Crippen MR) is 107 cm³/mol. The van der Waals surface area contributed by atoms with E-state index in [9.17, 15) is 0 Å². The molecular weight excluding hydrogens is 338 g/mol. The number of allylic oxidation sites excluding steroid dienone is 5. The second-order valence-corrected chi connectivity index (χ2v) is 7.39. The third-order valence-electron chi connectivity index (χ3n) is 5.54. The number of nitrogen functional groups attached to an aromatic ring is 1. The number of ether oxygens (including phenoxy) is 1. The molecule has 1 atom stereocenters. The van der Waals surface area contributed by atoms with Gasteiger partial charge in [0.15, 0.2) is 5.65 Å². The molecule has 2 aliphatic rings. The highest BCUT2D eigenvalue weighted by molar-refractivity contribution is 5.88. The van der Waals surface area contributed by atoms with Crippen molar-refractivity contribution in [2.24, 2.45) is 0 Å². The van der Waals surface area contributed by atoms with E-state index in [1.165, 1.54) is 0 Å². The fourth-order valence-corrected chi connectivity index (χ4v) is 4.01. The highest BCUT2D eigenvalue weighted by Gasteiger charge is 2.27. The summed E-state index contributed by atoms with van der Waals surface area (Å²) in [6.45, 7) is 5.70. The predicted octanol–water partition coefficient (Wildman–Crippen LogP) is 4.09. The smallest absolute Gasteiger partial charge is 0.163 e. The summed E-state index contributed by atoms with van der Waals surface area (Å²) in [7, 11) is 0. The Hall–Kier alpha value is -2.47. The van der Waals surface area contributed by atoms with Gasteiger partial charge in [0.1, 0.15) is 12.1 Å². The van der Waals surface area contributed by atoms with Crippen LogP contribution in [0.4, 0.5) is 5.82 Å². The van der Waals surface area contributed by atoms with Crippen molar-refractivity contribution in [1.82, 2.24) is 19.7 Å². The molecule has 1 saturated heterocycles. The molecule has 0 saturated carbocycles. The van der Waals surface area contributed by atoms with Gasteiger partial charge in [-0.05, 0) is 38.5 Å². The van der Waals surface area contributed by atoms with E-state index in [1.54, 1.807) is 6.33 Å². The van der Waals surface area contributed by atoms with Gasteiger partial charge in [-0.1, -0.05) is 36.5 Å². The maximum Gasteiger partial charge on any atom is 0.163 e. The first-order chi connectivity index (χ1) is 13.2. The van der Waals surface area contributed by atoms with E-state index in [1.807, 2.05) is 0 Å². The number of rotatable bonds is 2. The van der Waals surface area contributed by atoms with Crippen LogP contribution in [0.5, 0.6) is 0 Å². The SMILES string of the molecule is C=C1/C=C\C=C/CCC(n2nc(C3CCOCC3)c3c(N)ncnc32)CC1. The molecule has 0 amide bonds. The summed E-state index contributed by atoms with van der Waals surface area (Å²) >= 11 is 0. The summed E-state index contributed by atoms with van der Waals surface area (Å²) in [6.07, 6.45) is 15.9. The van der Waals surface area contributed by atoms with Crippen LogP contribution >= 0.6 is 0 Å². The van der Waals surface area contributed by atoms with E-state index in [4.69, 9.17) is 15.6 Å². The second-order valence-electron chi connectivity index (χ2n) is 7.39. The van der Waals surface area contributed by atoms with Crippen molar-refractivity contribution in [3.8, 4) is 0 Å². The maximum absolute atomic E-state index is 6.26. The lowest BCUT2D eigenvalue weighted by molar-refractivity contribution is 0.0845. The monoisotopic (exact) mass is 365 g/mol. The van der Waals surface area contributed by atoms with E-state index in [2.05, 4.69) is 45.5 Å². The molecule has 2 aromatic heterocycles. The third-order valence-corrected chi connectivity index (χ3v) is 5.54. The van der Waals surface area contributed by atoms with Gasteiger partial charge in [-0.15, -0.1) is 0 Å². The van der Waals surface area contributed by atoms with Gasteiger partial charge in [0.25, 0.3) is 0 Å². The fourth-order valence-electron chi connectivity index (χ4n) is 4.01. The summed E-state index contributed by atoms with van der Waals surface area (Å²) in [5.74, 6) is 0.882. The molecule has 3 heterocycles. The van der Waals surface area contributed by atoms with Crippen molar-refractivity contribution >= 4 is 16.9 Å². The molecule has 4 rings (SSSR count). The van der Waals surface area contributed by atoms with Gasteiger partial charge in [0, 0.05) is 19.1 Å². The molecule has 1 aliphatic carbocycles. The molecule has 2 N–H and O–H groups in total. The molecule has 27 heavy (non-hydrogen) atoms. The lowest BCUT2D eigenvalue weighted by Crippen LogP contribution is -2.16. The molecule has 0 bridgehead atoms. The highest BCUT2D eigenvalue weighted by Crippen LogP contribution is 2.36. The normalized spacial score (nSPS) is 24.7. The van der Waals surface area contributed by atoms with E-state index >= 15 is 0 Å². The van der Waals surface area contributed by atoms with Crippen molar-refractivity contribution in [2.45, 2.75) is 50.5 Å². The summed E-state index contributed by atoms with van der Waals surface area (Å²) in [5, 5.41) is 5.98. The number of aromatic nitrogens is 4. The van der Waals surface area contributed by atoms with E-state index in [0.29, 0.717) is 11.7 Å². The summed E-state index contributed by atoms with van der Waals surface area (Å²) in [6, 6.07) is 0.267. The second kappa shape index (κ2) is 8.05. The van der Waals surface area contributed by atoms with Crippen LogP contribution in [0.25, 0.3) is 11.0 Å². The van der Waals surface area contributed by atoms with Crippen LogP contribution in [-0.4, -0.2) is 33.0 Å². The lowest BCUT2D eigenvalue weighted by atomic mass is 9.95. The van der Waals surface area contributed by atoms with E-state index in [-0.39, 0.29) is 6.04 Å². The Kier molecular flexibility index (Phi) is 5.34. The lowest BCUT2D eigenvalue weighted by Gasteiger charge is -2.21. The Morgan fingerprint density at radius 3 is 2.81 bits per heavy atom. The minimum absolute atomic E-state index is 0.267. The van der Waals surface area contributed by atoms with Crippen molar-refractivity contribution in [3.63, 3.8) is 0 Å². The maximum atomic E-state index is 6.26. The van der Waals surface area contributed by atoms with Crippen molar-refractivity contribution in [3.05, 3.63) is 48.5 Å². The molecule has 2 aromatic rings. The Balaban J connectivity index is 1.74. The largest absolute Gasteiger partial charge is 0.383 e. The van der Waals surface area contributed by atoms with Crippen LogP contribution in [0, 0.1) is 0 Å². The van der Waals surface area contributed by atoms with Crippen molar-refractivity contribution < 1.29 is 4.74 Å². The van der Waals surface area contributed by atoms with E-state index < -0.39 is 0 Å². The average molecular weight is 365 g/mol. The number of hydrogen-bond donors (Lipinski definition) is 1. The first-order valence-electron chi connectivity index (χ1n) is 9.81. The average Bonchev–Trinajstić information content (AvgIpc) is 3.09.